The van der Waals surface area contributed by atoms with Crippen LogP contribution in [0.5, 0.6) is 0 Å². The first kappa shape index (κ1) is 17.7. The van der Waals surface area contributed by atoms with Gasteiger partial charge in [0.2, 0.25) is 0 Å². The van der Waals surface area contributed by atoms with Gasteiger partial charge in [0, 0.05) is 30.5 Å². The molecule has 2 N–H and O–H groups in total. The van der Waals surface area contributed by atoms with Crippen molar-refractivity contribution in [1.29, 1.82) is 0 Å². The SMILES string of the molecule is CCc1ccccc1NC(=O)c1ccc(C(=O)NCCOC)cc1. The Morgan fingerprint density at radius 1 is 0.958 bits per heavy atom. The first-order valence-electron chi connectivity index (χ1n) is 7.92. The van der Waals surface area contributed by atoms with E-state index < -0.39 is 0 Å². The number of hydrogen-bond acceptors (Lipinski definition) is 3. The second-order valence-corrected chi connectivity index (χ2v) is 5.29. The van der Waals surface area contributed by atoms with Crippen molar-refractivity contribution in [2.45, 2.75) is 13.3 Å². The summed E-state index contributed by atoms with van der Waals surface area (Å²) in [6.07, 6.45) is 0.844. The summed E-state index contributed by atoms with van der Waals surface area (Å²) in [4.78, 5) is 24.3. The maximum atomic E-state index is 12.3. The Bertz CT molecular complexity index is 696. The molecule has 5 heteroatoms. The van der Waals surface area contributed by atoms with Crippen molar-refractivity contribution in [2.75, 3.05) is 25.6 Å². The van der Waals surface area contributed by atoms with E-state index in [2.05, 4.69) is 10.6 Å². The lowest BCUT2D eigenvalue weighted by molar-refractivity contribution is 0.0935. The third-order valence-corrected chi connectivity index (χ3v) is 3.65. The highest BCUT2D eigenvalue weighted by atomic mass is 16.5. The fourth-order valence-corrected chi connectivity index (χ4v) is 2.29. The Balaban J connectivity index is 2.02. The normalized spacial score (nSPS) is 10.2. The number of rotatable bonds is 7. The van der Waals surface area contributed by atoms with Crippen molar-refractivity contribution in [3.05, 3.63) is 65.2 Å². The predicted octanol–water partition coefficient (Wildman–Crippen LogP) is 2.88. The molecular formula is C19H22N2O3. The zero-order chi connectivity index (χ0) is 17.4. The molecule has 2 aromatic rings. The van der Waals surface area contributed by atoms with E-state index >= 15 is 0 Å². The highest BCUT2D eigenvalue weighted by Crippen LogP contribution is 2.17. The van der Waals surface area contributed by atoms with E-state index in [1.54, 1.807) is 31.4 Å². The largest absolute Gasteiger partial charge is 0.383 e. The van der Waals surface area contributed by atoms with Gasteiger partial charge in [-0.2, -0.15) is 0 Å². The summed E-state index contributed by atoms with van der Waals surface area (Å²) in [7, 11) is 1.58. The second kappa shape index (κ2) is 8.84. The molecule has 24 heavy (non-hydrogen) atoms. The maximum Gasteiger partial charge on any atom is 0.255 e. The van der Waals surface area contributed by atoms with Crippen LogP contribution >= 0.6 is 0 Å². The van der Waals surface area contributed by atoms with Crippen molar-refractivity contribution < 1.29 is 14.3 Å². The lowest BCUT2D eigenvalue weighted by Crippen LogP contribution is -2.27. The number of carbonyl (C=O) groups excluding carboxylic acids is 2. The average molecular weight is 326 g/mol. The summed E-state index contributed by atoms with van der Waals surface area (Å²) < 4.78 is 4.89. The molecule has 0 spiro atoms. The van der Waals surface area contributed by atoms with Crippen LogP contribution in [0.4, 0.5) is 5.69 Å². The summed E-state index contributed by atoms with van der Waals surface area (Å²) >= 11 is 0. The summed E-state index contributed by atoms with van der Waals surface area (Å²) in [6, 6.07) is 14.3. The molecule has 0 saturated heterocycles. The Kier molecular flexibility index (Phi) is 6.51. The van der Waals surface area contributed by atoms with Crippen LogP contribution in [0.2, 0.25) is 0 Å². The van der Waals surface area contributed by atoms with Gasteiger partial charge in [0.05, 0.1) is 6.61 Å². The first-order valence-corrected chi connectivity index (χ1v) is 7.92. The van der Waals surface area contributed by atoms with E-state index in [9.17, 15) is 9.59 Å². The van der Waals surface area contributed by atoms with Gasteiger partial charge in [-0.15, -0.1) is 0 Å². The number of ether oxygens (including phenoxy) is 1. The molecule has 2 rings (SSSR count). The number of anilines is 1. The minimum Gasteiger partial charge on any atom is -0.383 e. The topological polar surface area (TPSA) is 67.4 Å². The van der Waals surface area contributed by atoms with Gasteiger partial charge < -0.3 is 15.4 Å². The molecular weight excluding hydrogens is 304 g/mol. The van der Waals surface area contributed by atoms with Crippen LogP contribution in [0, 0.1) is 0 Å². The molecule has 0 unspecified atom stereocenters. The van der Waals surface area contributed by atoms with Crippen molar-refractivity contribution in [3.63, 3.8) is 0 Å². The summed E-state index contributed by atoms with van der Waals surface area (Å²) in [5, 5.41) is 5.65. The lowest BCUT2D eigenvalue weighted by atomic mass is 10.1. The van der Waals surface area contributed by atoms with Crippen LogP contribution in [0.1, 0.15) is 33.2 Å². The van der Waals surface area contributed by atoms with Gasteiger partial charge >= 0.3 is 0 Å². The Morgan fingerprint density at radius 2 is 1.58 bits per heavy atom. The van der Waals surface area contributed by atoms with Crippen molar-refractivity contribution in [1.82, 2.24) is 5.32 Å². The third-order valence-electron chi connectivity index (χ3n) is 3.65. The van der Waals surface area contributed by atoms with Gasteiger partial charge in [0.25, 0.3) is 11.8 Å². The van der Waals surface area contributed by atoms with Crippen LogP contribution in [-0.2, 0) is 11.2 Å². The van der Waals surface area contributed by atoms with E-state index in [0.29, 0.717) is 24.3 Å². The lowest BCUT2D eigenvalue weighted by Gasteiger charge is -2.10. The van der Waals surface area contributed by atoms with E-state index in [4.69, 9.17) is 4.74 Å². The second-order valence-electron chi connectivity index (χ2n) is 5.29. The molecule has 2 aromatic carbocycles. The number of nitrogens with one attached hydrogen (secondary N) is 2. The van der Waals surface area contributed by atoms with Crippen molar-refractivity contribution in [2.24, 2.45) is 0 Å². The molecule has 0 aliphatic heterocycles. The van der Waals surface area contributed by atoms with Crippen LogP contribution < -0.4 is 10.6 Å². The van der Waals surface area contributed by atoms with Crippen LogP contribution in [0.15, 0.2) is 48.5 Å². The van der Waals surface area contributed by atoms with Gasteiger partial charge in [-0.05, 0) is 42.3 Å². The molecule has 0 aliphatic carbocycles. The van der Waals surface area contributed by atoms with Crippen LogP contribution in [0.25, 0.3) is 0 Å². The number of aryl methyl sites for hydroxylation is 1. The molecule has 126 valence electrons. The van der Waals surface area contributed by atoms with E-state index in [1.807, 2.05) is 31.2 Å². The number of amides is 2. The highest BCUT2D eigenvalue weighted by molar-refractivity contribution is 6.05. The fourth-order valence-electron chi connectivity index (χ4n) is 2.29. The zero-order valence-corrected chi connectivity index (χ0v) is 14.0. The summed E-state index contributed by atoms with van der Waals surface area (Å²) in [5.41, 5.74) is 2.91. The molecule has 0 radical (unpaired) electrons. The van der Waals surface area contributed by atoms with Gasteiger partial charge in [0.1, 0.15) is 0 Å². The molecule has 0 aliphatic rings. The smallest absolute Gasteiger partial charge is 0.255 e. The Morgan fingerprint density at radius 3 is 2.21 bits per heavy atom. The van der Waals surface area contributed by atoms with Crippen molar-refractivity contribution >= 4 is 17.5 Å². The molecule has 0 heterocycles. The quantitative estimate of drug-likeness (QED) is 0.769. The van der Waals surface area contributed by atoms with E-state index in [1.165, 1.54) is 0 Å². The van der Waals surface area contributed by atoms with Crippen LogP contribution in [-0.4, -0.2) is 32.1 Å². The molecule has 0 aromatic heterocycles. The van der Waals surface area contributed by atoms with Gasteiger partial charge in [0.15, 0.2) is 0 Å². The highest BCUT2D eigenvalue weighted by Gasteiger charge is 2.10. The van der Waals surface area contributed by atoms with E-state index in [0.717, 1.165) is 17.7 Å². The molecule has 0 saturated carbocycles. The number of hydrogen-bond donors (Lipinski definition) is 2. The molecule has 0 atom stereocenters. The van der Waals surface area contributed by atoms with Gasteiger partial charge in [-0.1, -0.05) is 25.1 Å². The maximum absolute atomic E-state index is 12.3. The molecule has 2 amide bonds. The predicted molar refractivity (Wildman–Crippen MR) is 94.4 cm³/mol. The summed E-state index contributed by atoms with van der Waals surface area (Å²) in [5.74, 6) is -0.377. The number of carbonyl (C=O) groups is 2. The fraction of sp³-hybridized carbons (Fsp3) is 0.263. The monoisotopic (exact) mass is 326 g/mol. The number of methoxy groups -OCH3 is 1. The van der Waals surface area contributed by atoms with E-state index in [-0.39, 0.29) is 11.8 Å². The molecule has 0 fully saturated rings. The number of benzene rings is 2. The minimum atomic E-state index is -0.192. The zero-order valence-electron chi connectivity index (χ0n) is 14.0. The molecule has 0 bridgehead atoms. The van der Waals surface area contributed by atoms with Gasteiger partial charge in [-0.25, -0.2) is 0 Å². The van der Waals surface area contributed by atoms with Gasteiger partial charge in [-0.3, -0.25) is 9.59 Å². The standard InChI is InChI=1S/C19H22N2O3/c1-3-14-6-4-5-7-17(14)21-19(23)16-10-8-15(9-11-16)18(22)20-12-13-24-2/h4-11H,3,12-13H2,1-2H3,(H,20,22)(H,21,23). The minimum absolute atomic E-state index is 0.185. The Labute approximate surface area is 142 Å². The van der Waals surface area contributed by atoms with Crippen molar-refractivity contribution in [3.8, 4) is 0 Å². The third kappa shape index (κ3) is 4.67. The number of para-hydroxylation sites is 1. The first-order chi connectivity index (χ1) is 11.7. The molecule has 5 nitrogen and oxygen atoms in total. The average Bonchev–Trinajstić information content (AvgIpc) is 2.62. The summed E-state index contributed by atoms with van der Waals surface area (Å²) in [6.45, 7) is 2.95. The van der Waals surface area contributed by atoms with Crippen LogP contribution in [0.3, 0.4) is 0 Å². The Hall–Kier alpha value is -2.66.